The van der Waals surface area contributed by atoms with Crippen LogP contribution in [0.3, 0.4) is 0 Å². The lowest BCUT2D eigenvalue weighted by Crippen LogP contribution is -2.49. The minimum Gasteiger partial charge on any atom is -0.459 e. The topological polar surface area (TPSA) is 101 Å². The average Bonchev–Trinajstić information content (AvgIpc) is 3.39. The van der Waals surface area contributed by atoms with E-state index in [-0.39, 0.29) is 59.2 Å². The number of rotatable bonds is 10. The third-order valence-electron chi connectivity index (χ3n) is 8.69. The van der Waals surface area contributed by atoms with Crippen LogP contribution < -0.4 is 5.32 Å². The molecule has 2 aliphatic rings. The molecule has 2 fully saturated rings. The lowest BCUT2D eigenvalue weighted by Gasteiger charge is -2.35. The molecule has 0 spiro atoms. The van der Waals surface area contributed by atoms with Crippen molar-refractivity contribution in [2.45, 2.75) is 63.4 Å². The molecular weight excluding hydrogens is 622 g/mol. The van der Waals surface area contributed by atoms with Crippen LogP contribution in [0.1, 0.15) is 48.1 Å². The Balaban J connectivity index is 1.08. The van der Waals surface area contributed by atoms with Crippen molar-refractivity contribution in [3.63, 3.8) is 0 Å². The maximum atomic E-state index is 14.5. The molecular formula is C31H34F6N4O5. The van der Waals surface area contributed by atoms with E-state index in [2.05, 4.69) is 5.32 Å². The summed E-state index contributed by atoms with van der Waals surface area (Å²) in [7, 11) is 0. The SMILES string of the molecule is Cc1c(NC2CCC(OCC(=O)N3CCN(Cc4oc5ccccc5c4C(F)(F)CF)CC3)CC2)ccc([N+](=O)[O-])c1C(F)(F)F. The van der Waals surface area contributed by atoms with Gasteiger partial charge in [0, 0.05) is 49.4 Å². The summed E-state index contributed by atoms with van der Waals surface area (Å²) < 4.78 is 94.5. The fourth-order valence-corrected chi connectivity index (χ4v) is 6.27. The van der Waals surface area contributed by atoms with E-state index in [4.69, 9.17) is 9.15 Å². The standard InChI is InChI=1S/C31H34F6N4O5/c1-19-23(10-11-24(41(43)44)28(19)31(35,36)37)38-20-6-8-21(9-7-20)45-17-27(42)40-14-12-39(13-15-40)16-26-29(30(33,34)18-32)22-4-2-3-5-25(22)46-26/h2-5,10-11,20-21,38H,6-9,12-18H2,1H3. The second-order valence-electron chi connectivity index (χ2n) is 11.7. The van der Waals surface area contributed by atoms with Crippen molar-refractivity contribution < 1.29 is 45.2 Å². The molecule has 0 bridgehead atoms. The summed E-state index contributed by atoms with van der Waals surface area (Å²) in [6.07, 6.45) is -2.81. The molecule has 250 valence electrons. The van der Waals surface area contributed by atoms with Gasteiger partial charge in [0.15, 0.2) is 6.67 Å². The summed E-state index contributed by atoms with van der Waals surface area (Å²) in [5, 5.41) is 14.4. The van der Waals surface area contributed by atoms with Crippen LogP contribution in [0.15, 0.2) is 40.8 Å². The molecule has 1 saturated carbocycles. The fraction of sp³-hybridized carbons (Fsp3) is 0.516. The highest BCUT2D eigenvalue weighted by molar-refractivity contribution is 5.83. The van der Waals surface area contributed by atoms with E-state index in [9.17, 15) is 41.3 Å². The Hall–Kier alpha value is -3.85. The van der Waals surface area contributed by atoms with E-state index in [0.717, 1.165) is 6.07 Å². The lowest BCUT2D eigenvalue weighted by atomic mass is 9.92. The third kappa shape index (κ3) is 7.25. The number of fused-ring (bicyclic) bond motifs is 1. The summed E-state index contributed by atoms with van der Waals surface area (Å²) in [6.45, 7) is 0.773. The van der Waals surface area contributed by atoms with Crippen molar-refractivity contribution in [3.8, 4) is 0 Å². The van der Waals surface area contributed by atoms with Gasteiger partial charge in [-0.3, -0.25) is 19.8 Å². The Bertz CT molecular complexity index is 1560. The van der Waals surface area contributed by atoms with Crippen LogP contribution in [0.2, 0.25) is 0 Å². The number of ether oxygens (including phenoxy) is 1. The Morgan fingerprint density at radius 2 is 1.70 bits per heavy atom. The summed E-state index contributed by atoms with van der Waals surface area (Å²) in [6, 6.07) is 8.27. The summed E-state index contributed by atoms with van der Waals surface area (Å²) in [5.74, 6) is -3.90. The molecule has 1 aliphatic carbocycles. The zero-order chi connectivity index (χ0) is 33.2. The molecule has 1 aliphatic heterocycles. The van der Waals surface area contributed by atoms with Crippen molar-refractivity contribution in [2.24, 2.45) is 0 Å². The highest BCUT2D eigenvalue weighted by Crippen LogP contribution is 2.42. The second kappa shape index (κ2) is 13.5. The largest absolute Gasteiger partial charge is 0.459 e. The van der Waals surface area contributed by atoms with Crippen molar-refractivity contribution in [1.82, 2.24) is 9.80 Å². The number of hydrogen-bond donors (Lipinski definition) is 1. The van der Waals surface area contributed by atoms with Crippen molar-refractivity contribution in [2.75, 3.05) is 44.8 Å². The number of nitro groups is 1. The number of piperazine rings is 1. The van der Waals surface area contributed by atoms with Gasteiger partial charge in [0.25, 0.3) is 5.69 Å². The Morgan fingerprint density at radius 3 is 2.33 bits per heavy atom. The molecule has 2 heterocycles. The van der Waals surface area contributed by atoms with Gasteiger partial charge in [-0.1, -0.05) is 18.2 Å². The number of furan rings is 1. The van der Waals surface area contributed by atoms with Gasteiger partial charge in [0.2, 0.25) is 5.91 Å². The Morgan fingerprint density at radius 1 is 1.02 bits per heavy atom. The quantitative estimate of drug-likeness (QED) is 0.145. The maximum Gasteiger partial charge on any atom is 0.423 e. The molecule has 1 aromatic heterocycles. The van der Waals surface area contributed by atoms with E-state index in [0.29, 0.717) is 51.9 Å². The summed E-state index contributed by atoms with van der Waals surface area (Å²) in [4.78, 5) is 26.5. The van der Waals surface area contributed by atoms with Crippen molar-refractivity contribution in [3.05, 3.63) is 69.0 Å². The van der Waals surface area contributed by atoms with Gasteiger partial charge in [0.1, 0.15) is 23.5 Å². The second-order valence-corrected chi connectivity index (χ2v) is 11.7. The molecule has 9 nitrogen and oxygen atoms in total. The number of benzene rings is 2. The molecule has 1 saturated heterocycles. The van der Waals surface area contributed by atoms with Crippen LogP contribution in [-0.2, 0) is 28.2 Å². The molecule has 3 aromatic rings. The first-order chi connectivity index (χ1) is 21.8. The molecule has 0 radical (unpaired) electrons. The smallest absolute Gasteiger partial charge is 0.423 e. The first-order valence-corrected chi connectivity index (χ1v) is 15.0. The molecule has 46 heavy (non-hydrogen) atoms. The number of carbonyl (C=O) groups excluding carboxylic acids is 1. The molecule has 1 N–H and O–H groups in total. The predicted molar refractivity (Wildman–Crippen MR) is 156 cm³/mol. The van der Waals surface area contributed by atoms with Gasteiger partial charge in [-0.25, -0.2) is 4.39 Å². The first-order valence-electron chi connectivity index (χ1n) is 15.0. The van der Waals surface area contributed by atoms with Crippen LogP contribution in [0.4, 0.5) is 37.7 Å². The highest BCUT2D eigenvalue weighted by Gasteiger charge is 2.41. The molecule has 0 unspecified atom stereocenters. The number of hydrogen-bond acceptors (Lipinski definition) is 7. The predicted octanol–water partition coefficient (Wildman–Crippen LogP) is 6.81. The lowest BCUT2D eigenvalue weighted by molar-refractivity contribution is -0.388. The van der Waals surface area contributed by atoms with Crippen molar-refractivity contribution in [1.29, 1.82) is 0 Å². The number of halogens is 6. The third-order valence-corrected chi connectivity index (χ3v) is 8.69. The molecule has 15 heteroatoms. The number of nitrogens with one attached hydrogen (secondary N) is 1. The first kappa shape index (κ1) is 33.5. The van der Waals surface area contributed by atoms with Crippen LogP contribution in [0.5, 0.6) is 0 Å². The van der Waals surface area contributed by atoms with Crippen molar-refractivity contribution >= 4 is 28.3 Å². The minimum atomic E-state index is -4.87. The van der Waals surface area contributed by atoms with E-state index >= 15 is 0 Å². The van der Waals surface area contributed by atoms with Gasteiger partial charge < -0.3 is 19.4 Å². The van der Waals surface area contributed by atoms with Crippen LogP contribution >= 0.6 is 0 Å². The minimum absolute atomic E-state index is 0.00147. The zero-order valence-electron chi connectivity index (χ0n) is 25.0. The highest BCUT2D eigenvalue weighted by atomic mass is 19.4. The van der Waals surface area contributed by atoms with Gasteiger partial charge in [-0.05, 0) is 50.3 Å². The Kier molecular flexibility index (Phi) is 9.82. The van der Waals surface area contributed by atoms with Gasteiger partial charge in [-0.15, -0.1) is 0 Å². The van der Waals surface area contributed by atoms with E-state index < -0.39 is 40.5 Å². The number of carbonyl (C=O) groups is 1. The molecule has 0 atom stereocenters. The number of nitrogens with zero attached hydrogens (tertiary/aromatic N) is 3. The maximum absolute atomic E-state index is 14.5. The van der Waals surface area contributed by atoms with Gasteiger partial charge in [0.05, 0.1) is 23.1 Å². The van der Waals surface area contributed by atoms with E-state index in [1.807, 2.05) is 4.90 Å². The molecule has 5 rings (SSSR count). The normalized spacial score (nSPS) is 19.8. The van der Waals surface area contributed by atoms with Gasteiger partial charge in [-0.2, -0.15) is 22.0 Å². The van der Waals surface area contributed by atoms with Crippen LogP contribution in [0, 0.1) is 17.0 Å². The summed E-state index contributed by atoms with van der Waals surface area (Å²) >= 11 is 0. The van der Waals surface area contributed by atoms with Crippen LogP contribution in [-0.4, -0.2) is 72.2 Å². The van der Waals surface area contributed by atoms with E-state index in [1.165, 1.54) is 19.1 Å². The molecule has 1 amide bonds. The Labute approximate surface area is 260 Å². The monoisotopic (exact) mass is 656 g/mol. The number of amides is 1. The number of para-hydroxylation sites is 1. The van der Waals surface area contributed by atoms with Crippen LogP contribution in [0.25, 0.3) is 11.0 Å². The zero-order valence-corrected chi connectivity index (χ0v) is 25.0. The number of alkyl halides is 6. The fourth-order valence-electron chi connectivity index (χ4n) is 6.27. The summed E-state index contributed by atoms with van der Waals surface area (Å²) in [5.41, 5.74) is -2.50. The number of nitro benzene ring substituents is 1. The number of anilines is 1. The van der Waals surface area contributed by atoms with E-state index in [1.54, 1.807) is 23.1 Å². The molecule has 2 aromatic carbocycles. The average molecular weight is 657 g/mol. The van der Waals surface area contributed by atoms with Gasteiger partial charge >= 0.3 is 12.1 Å².